The fraction of sp³-hybridized carbons (Fsp3) is 0.111. The fourth-order valence-corrected chi connectivity index (χ4v) is 3.68. The molecule has 2 aromatic rings. The van der Waals surface area contributed by atoms with Gasteiger partial charge >= 0.3 is 0 Å². The lowest BCUT2D eigenvalue weighted by Gasteiger charge is -2.12. The molecule has 1 heterocycles. The summed E-state index contributed by atoms with van der Waals surface area (Å²) < 4.78 is 5.55. The number of thioether (sulfide) groups is 1. The minimum atomic E-state index is -0.331. The number of hydrogen-bond donors (Lipinski definition) is 1. The zero-order valence-corrected chi connectivity index (χ0v) is 15.6. The molecule has 2 aromatic carbocycles. The van der Waals surface area contributed by atoms with E-state index in [1.54, 1.807) is 18.2 Å². The van der Waals surface area contributed by atoms with Gasteiger partial charge in [0.25, 0.3) is 11.1 Å². The van der Waals surface area contributed by atoms with Crippen LogP contribution in [0.15, 0.2) is 51.8 Å². The topological polar surface area (TPSA) is 66.8 Å². The summed E-state index contributed by atoms with van der Waals surface area (Å²) in [6.07, 6.45) is 1.61. The maximum absolute atomic E-state index is 12.6. The molecule has 0 atom stereocenters. The molecule has 0 aromatic heterocycles. The summed E-state index contributed by atoms with van der Waals surface area (Å²) in [5.74, 6) is -0.0667. The Hall–Kier alpha value is -2.25. The van der Waals surface area contributed by atoms with E-state index in [4.69, 9.17) is 4.74 Å². The summed E-state index contributed by atoms with van der Waals surface area (Å²) in [7, 11) is 1.44. The van der Waals surface area contributed by atoms with Crippen LogP contribution in [-0.4, -0.2) is 28.3 Å². The maximum atomic E-state index is 12.6. The zero-order chi connectivity index (χ0) is 18.0. The summed E-state index contributed by atoms with van der Waals surface area (Å²) in [5, 5.41) is 9.56. The molecule has 0 bridgehead atoms. The van der Waals surface area contributed by atoms with Crippen LogP contribution in [0.3, 0.4) is 0 Å². The van der Waals surface area contributed by atoms with Gasteiger partial charge in [0.15, 0.2) is 11.5 Å². The van der Waals surface area contributed by atoms with Crippen molar-refractivity contribution in [3.8, 4) is 11.5 Å². The van der Waals surface area contributed by atoms with Crippen LogP contribution >= 0.6 is 27.7 Å². The Bertz CT molecular complexity index is 867. The Morgan fingerprint density at radius 3 is 2.64 bits per heavy atom. The van der Waals surface area contributed by atoms with Crippen molar-refractivity contribution < 1.29 is 19.4 Å². The van der Waals surface area contributed by atoms with Crippen molar-refractivity contribution in [1.29, 1.82) is 0 Å². The molecule has 25 heavy (non-hydrogen) atoms. The molecule has 5 nitrogen and oxygen atoms in total. The number of halogens is 1. The largest absolute Gasteiger partial charge is 0.503 e. The number of hydrogen-bond acceptors (Lipinski definition) is 5. The predicted molar refractivity (Wildman–Crippen MR) is 100 cm³/mol. The van der Waals surface area contributed by atoms with Gasteiger partial charge < -0.3 is 9.84 Å². The number of carbonyl (C=O) groups excluding carboxylic acids is 2. The quantitative estimate of drug-likeness (QED) is 0.743. The second kappa shape index (κ2) is 7.33. The fourth-order valence-electron chi connectivity index (χ4n) is 2.39. The standard InChI is InChI=1S/C18H14BrNO4S/c1-24-14-8-12(7-13(19)16(14)21)9-15-17(22)20(18(23)25-15)10-11-5-3-2-4-6-11/h2-9,21H,10H2,1H3/b15-9+. The van der Waals surface area contributed by atoms with Crippen LogP contribution in [0.2, 0.25) is 0 Å². The zero-order valence-electron chi connectivity index (χ0n) is 13.2. The third-order valence-corrected chi connectivity index (χ3v) is 5.14. The van der Waals surface area contributed by atoms with Crippen LogP contribution in [0, 0.1) is 0 Å². The van der Waals surface area contributed by atoms with Crippen molar-refractivity contribution in [2.24, 2.45) is 0 Å². The van der Waals surface area contributed by atoms with Gasteiger partial charge in [0.1, 0.15) is 0 Å². The van der Waals surface area contributed by atoms with E-state index in [-0.39, 0.29) is 29.2 Å². The van der Waals surface area contributed by atoms with E-state index in [0.717, 1.165) is 17.3 Å². The first-order valence-corrected chi connectivity index (χ1v) is 8.96. The first-order valence-electron chi connectivity index (χ1n) is 7.35. The van der Waals surface area contributed by atoms with Gasteiger partial charge in [0, 0.05) is 0 Å². The van der Waals surface area contributed by atoms with Crippen LogP contribution < -0.4 is 4.74 Å². The third-order valence-electron chi connectivity index (χ3n) is 3.63. The Balaban J connectivity index is 1.87. The molecular formula is C18H14BrNO4S. The first kappa shape index (κ1) is 17.6. The minimum Gasteiger partial charge on any atom is -0.503 e. The summed E-state index contributed by atoms with van der Waals surface area (Å²) in [6, 6.07) is 12.6. The highest BCUT2D eigenvalue weighted by Crippen LogP contribution is 2.38. The number of methoxy groups -OCH3 is 1. The van der Waals surface area contributed by atoms with Gasteiger partial charge in [-0.25, -0.2) is 0 Å². The van der Waals surface area contributed by atoms with Gasteiger partial charge in [-0.05, 0) is 57.0 Å². The van der Waals surface area contributed by atoms with Crippen molar-refractivity contribution in [2.45, 2.75) is 6.54 Å². The highest BCUT2D eigenvalue weighted by molar-refractivity contribution is 9.10. The van der Waals surface area contributed by atoms with E-state index in [9.17, 15) is 14.7 Å². The number of imide groups is 1. The molecule has 1 aliphatic rings. The average Bonchev–Trinajstić information content (AvgIpc) is 2.86. The van der Waals surface area contributed by atoms with Crippen molar-refractivity contribution in [3.63, 3.8) is 0 Å². The summed E-state index contributed by atoms with van der Waals surface area (Å²) in [5.41, 5.74) is 1.53. The molecule has 3 rings (SSSR count). The highest BCUT2D eigenvalue weighted by Gasteiger charge is 2.35. The second-order valence-corrected chi connectivity index (χ2v) is 7.15. The van der Waals surface area contributed by atoms with Gasteiger partial charge in [-0.1, -0.05) is 30.3 Å². The lowest BCUT2D eigenvalue weighted by atomic mass is 10.1. The number of rotatable bonds is 4. The summed E-state index contributed by atoms with van der Waals surface area (Å²) in [4.78, 5) is 26.3. The van der Waals surface area contributed by atoms with Crippen molar-refractivity contribution >= 4 is 44.9 Å². The van der Waals surface area contributed by atoms with Crippen LogP contribution in [0.1, 0.15) is 11.1 Å². The van der Waals surface area contributed by atoms with Crippen molar-refractivity contribution in [3.05, 3.63) is 63.0 Å². The molecule has 2 amide bonds. The Labute approximate surface area is 157 Å². The third kappa shape index (κ3) is 3.72. The molecule has 7 heteroatoms. The second-order valence-electron chi connectivity index (χ2n) is 5.31. The summed E-state index contributed by atoms with van der Waals surface area (Å²) >= 11 is 4.14. The molecular weight excluding hydrogens is 406 g/mol. The highest BCUT2D eigenvalue weighted by atomic mass is 79.9. The maximum Gasteiger partial charge on any atom is 0.293 e. The van der Waals surface area contributed by atoms with Crippen LogP contribution in [-0.2, 0) is 11.3 Å². The number of benzene rings is 2. The van der Waals surface area contributed by atoms with Crippen molar-refractivity contribution in [2.75, 3.05) is 7.11 Å². The van der Waals surface area contributed by atoms with Gasteiger partial charge in [-0.15, -0.1) is 0 Å². The van der Waals surface area contributed by atoms with Gasteiger partial charge in [-0.2, -0.15) is 0 Å². The normalized spacial score (nSPS) is 15.9. The molecule has 128 valence electrons. The number of phenols is 1. The molecule has 0 saturated carbocycles. The van der Waals surface area contributed by atoms with E-state index in [1.165, 1.54) is 12.0 Å². The lowest BCUT2D eigenvalue weighted by molar-refractivity contribution is -0.123. The smallest absolute Gasteiger partial charge is 0.293 e. The molecule has 1 aliphatic heterocycles. The molecule has 0 radical (unpaired) electrons. The monoisotopic (exact) mass is 419 g/mol. The number of nitrogens with zero attached hydrogens (tertiary/aromatic N) is 1. The molecule has 0 aliphatic carbocycles. The van der Waals surface area contributed by atoms with E-state index < -0.39 is 0 Å². The lowest BCUT2D eigenvalue weighted by Crippen LogP contribution is -2.27. The Morgan fingerprint density at radius 1 is 1.24 bits per heavy atom. The first-order chi connectivity index (χ1) is 12.0. The SMILES string of the molecule is COc1cc(/C=C2/SC(=O)N(Cc3ccccc3)C2=O)cc(Br)c1O. The van der Waals surface area contributed by atoms with Gasteiger partial charge in [0.05, 0.1) is 23.0 Å². The molecule has 0 unspecified atom stereocenters. The van der Waals surface area contributed by atoms with E-state index in [1.807, 2.05) is 30.3 Å². The Kier molecular flexibility index (Phi) is 5.15. The number of ether oxygens (including phenoxy) is 1. The van der Waals surface area contributed by atoms with Gasteiger partial charge in [-0.3, -0.25) is 14.5 Å². The molecule has 1 saturated heterocycles. The number of carbonyl (C=O) groups is 2. The van der Waals surface area contributed by atoms with E-state index in [0.29, 0.717) is 14.9 Å². The Morgan fingerprint density at radius 2 is 1.96 bits per heavy atom. The number of aromatic hydroxyl groups is 1. The van der Waals surface area contributed by atoms with Gasteiger partial charge in [0.2, 0.25) is 0 Å². The van der Waals surface area contributed by atoms with Crippen molar-refractivity contribution in [1.82, 2.24) is 4.90 Å². The van der Waals surface area contributed by atoms with E-state index >= 15 is 0 Å². The van der Waals surface area contributed by atoms with Crippen LogP contribution in [0.5, 0.6) is 11.5 Å². The van der Waals surface area contributed by atoms with Crippen LogP contribution in [0.4, 0.5) is 4.79 Å². The minimum absolute atomic E-state index is 0.0168. The molecule has 1 fully saturated rings. The van der Waals surface area contributed by atoms with E-state index in [2.05, 4.69) is 15.9 Å². The molecule has 0 spiro atoms. The number of amides is 2. The molecule has 1 N–H and O–H groups in total. The number of phenolic OH excluding ortho intramolecular Hbond substituents is 1. The predicted octanol–water partition coefficient (Wildman–Crippen LogP) is 4.40. The van der Waals surface area contributed by atoms with Crippen LogP contribution in [0.25, 0.3) is 6.08 Å². The average molecular weight is 420 g/mol. The summed E-state index contributed by atoms with van der Waals surface area (Å²) in [6.45, 7) is 0.242.